The predicted molar refractivity (Wildman–Crippen MR) is 135 cm³/mol. The second-order valence-electron chi connectivity index (χ2n) is 9.32. The van der Waals surface area contributed by atoms with E-state index in [0.29, 0.717) is 42.3 Å². The Bertz CT molecular complexity index is 1070. The molecule has 0 spiro atoms. The zero-order valence-corrected chi connectivity index (χ0v) is 20.9. The van der Waals surface area contributed by atoms with Crippen molar-refractivity contribution in [3.8, 4) is 17.3 Å². The van der Waals surface area contributed by atoms with Gasteiger partial charge in [0.2, 0.25) is 5.88 Å². The number of halogens is 1. The van der Waals surface area contributed by atoms with Crippen LogP contribution in [0, 0.1) is 12.8 Å². The van der Waals surface area contributed by atoms with E-state index in [-0.39, 0.29) is 6.10 Å². The first-order valence-electron chi connectivity index (χ1n) is 12.0. The van der Waals surface area contributed by atoms with Crippen LogP contribution in [-0.4, -0.2) is 51.7 Å². The molecule has 1 N–H and O–H groups in total. The fraction of sp³-hybridized carbons (Fsp3) is 0.444. The van der Waals surface area contributed by atoms with E-state index < -0.39 is 6.10 Å². The summed E-state index contributed by atoms with van der Waals surface area (Å²) in [6.07, 6.45) is 2.01. The molecule has 34 heavy (non-hydrogen) atoms. The number of hydrogen-bond acceptors (Lipinski definition) is 5. The van der Waals surface area contributed by atoms with Crippen molar-refractivity contribution in [2.24, 2.45) is 5.92 Å². The maximum Gasteiger partial charge on any atom is 0.227 e. The second-order valence-corrected chi connectivity index (χ2v) is 9.73. The number of benzene rings is 2. The first kappa shape index (κ1) is 24.7. The molecule has 1 aliphatic rings. The highest BCUT2D eigenvalue weighted by Gasteiger charge is 2.28. The first-order chi connectivity index (χ1) is 16.4. The van der Waals surface area contributed by atoms with Crippen molar-refractivity contribution in [1.29, 1.82) is 0 Å². The van der Waals surface area contributed by atoms with Gasteiger partial charge in [0.25, 0.3) is 0 Å². The molecule has 182 valence electrons. The van der Waals surface area contributed by atoms with E-state index in [9.17, 15) is 5.11 Å². The lowest BCUT2D eigenvalue weighted by molar-refractivity contribution is -0.0101. The zero-order valence-electron chi connectivity index (χ0n) is 20.2. The molecular formula is C27H34ClN3O3. The van der Waals surface area contributed by atoms with Crippen LogP contribution in [-0.2, 0) is 11.3 Å². The number of nitrogens with zero attached hydrogens (tertiary/aromatic N) is 3. The van der Waals surface area contributed by atoms with Crippen LogP contribution in [0.15, 0.2) is 54.6 Å². The lowest BCUT2D eigenvalue weighted by Gasteiger charge is -2.26. The molecule has 0 aliphatic heterocycles. The monoisotopic (exact) mass is 483 g/mol. The maximum absolute atomic E-state index is 10.6. The number of para-hydroxylation sites is 2. The molecule has 1 atom stereocenters. The van der Waals surface area contributed by atoms with Crippen molar-refractivity contribution in [2.75, 3.05) is 19.7 Å². The first-order valence-corrected chi connectivity index (χ1v) is 12.4. The number of rotatable bonds is 12. The molecule has 2 aromatic carbocycles. The van der Waals surface area contributed by atoms with Gasteiger partial charge in [0, 0.05) is 19.6 Å². The Balaban J connectivity index is 1.64. The molecule has 7 heteroatoms. The molecule has 0 saturated heterocycles. The summed E-state index contributed by atoms with van der Waals surface area (Å²) in [4.78, 5) is 2.30. The third-order valence-electron chi connectivity index (χ3n) is 5.87. The normalized spacial score (nSPS) is 14.7. The summed E-state index contributed by atoms with van der Waals surface area (Å²) in [5, 5.41) is 16.0. The smallest absolute Gasteiger partial charge is 0.227 e. The average Bonchev–Trinajstić information content (AvgIpc) is 3.58. The van der Waals surface area contributed by atoms with Gasteiger partial charge in [-0.2, -0.15) is 5.10 Å². The van der Waals surface area contributed by atoms with Gasteiger partial charge in [-0.05, 0) is 63.8 Å². The average molecular weight is 484 g/mol. The van der Waals surface area contributed by atoms with E-state index in [0.717, 1.165) is 23.5 Å². The van der Waals surface area contributed by atoms with Gasteiger partial charge in [0.05, 0.1) is 40.8 Å². The molecule has 3 aromatic rings. The van der Waals surface area contributed by atoms with Crippen molar-refractivity contribution in [3.05, 3.63) is 70.9 Å². The van der Waals surface area contributed by atoms with Crippen LogP contribution in [0.4, 0.5) is 0 Å². The van der Waals surface area contributed by atoms with E-state index in [1.165, 1.54) is 12.8 Å². The molecule has 1 aliphatic carbocycles. The Hall–Kier alpha value is -2.38. The summed E-state index contributed by atoms with van der Waals surface area (Å²) in [7, 11) is 0. The van der Waals surface area contributed by atoms with Gasteiger partial charge < -0.3 is 14.6 Å². The largest absolute Gasteiger partial charge is 0.437 e. The standard InChI is InChI=1S/C27H34ClN3O3/c1-19(2)33-18-23(32)16-30(15-21-13-14-21)17-24-20(3)29-31(22-9-5-4-6-10-22)27(24)34-26-12-8-7-11-25(26)28/h4-12,19,21,23,32H,13-18H2,1-3H3/t23-/m0/s1. The fourth-order valence-electron chi connectivity index (χ4n) is 3.95. The Kier molecular flexibility index (Phi) is 8.27. The van der Waals surface area contributed by atoms with Crippen molar-refractivity contribution in [2.45, 2.75) is 52.4 Å². The Morgan fingerprint density at radius 3 is 2.50 bits per heavy atom. The molecule has 6 nitrogen and oxygen atoms in total. The quantitative estimate of drug-likeness (QED) is 0.362. The summed E-state index contributed by atoms with van der Waals surface area (Å²) >= 11 is 6.43. The SMILES string of the molecule is Cc1nn(-c2ccccc2)c(Oc2ccccc2Cl)c1CN(CC1CC1)C[C@H](O)COC(C)C. The lowest BCUT2D eigenvalue weighted by atomic mass is 10.2. The molecule has 4 rings (SSSR count). The highest BCUT2D eigenvalue weighted by Crippen LogP contribution is 2.36. The number of aryl methyl sites for hydroxylation is 1. The van der Waals surface area contributed by atoms with Crippen LogP contribution < -0.4 is 4.74 Å². The number of hydrogen-bond donors (Lipinski definition) is 1. The van der Waals surface area contributed by atoms with Gasteiger partial charge in [-0.15, -0.1) is 0 Å². The van der Waals surface area contributed by atoms with Crippen LogP contribution in [0.2, 0.25) is 5.02 Å². The number of aromatic nitrogens is 2. The highest BCUT2D eigenvalue weighted by atomic mass is 35.5. The van der Waals surface area contributed by atoms with E-state index in [1.807, 2.05) is 80.1 Å². The van der Waals surface area contributed by atoms with E-state index in [4.69, 9.17) is 26.2 Å². The topological polar surface area (TPSA) is 59.8 Å². The van der Waals surface area contributed by atoms with Crippen LogP contribution in [0.5, 0.6) is 11.6 Å². The predicted octanol–water partition coefficient (Wildman–Crippen LogP) is 5.62. The fourth-order valence-corrected chi connectivity index (χ4v) is 4.12. The highest BCUT2D eigenvalue weighted by molar-refractivity contribution is 6.32. The van der Waals surface area contributed by atoms with E-state index in [2.05, 4.69) is 4.90 Å². The third-order valence-corrected chi connectivity index (χ3v) is 6.18. The van der Waals surface area contributed by atoms with Crippen molar-refractivity contribution in [3.63, 3.8) is 0 Å². The third kappa shape index (κ3) is 6.60. The van der Waals surface area contributed by atoms with Crippen LogP contribution >= 0.6 is 11.6 Å². The molecule has 0 amide bonds. The van der Waals surface area contributed by atoms with Gasteiger partial charge in [0.1, 0.15) is 5.75 Å². The Morgan fingerprint density at radius 2 is 1.82 bits per heavy atom. The summed E-state index contributed by atoms with van der Waals surface area (Å²) < 4.78 is 13.9. The number of ether oxygens (including phenoxy) is 2. The Morgan fingerprint density at radius 1 is 1.12 bits per heavy atom. The summed E-state index contributed by atoms with van der Waals surface area (Å²) in [5.74, 6) is 1.91. The molecule has 1 heterocycles. The lowest BCUT2D eigenvalue weighted by Crippen LogP contribution is -2.36. The molecule has 0 radical (unpaired) electrons. The molecule has 1 saturated carbocycles. The molecule has 0 unspecified atom stereocenters. The van der Waals surface area contributed by atoms with Gasteiger partial charge in [0.15, 0.2) is 0 Å². The van der Waals surface area contributed by atoms with Gasteiger partial charge in [-0.25, -0.2) is 4.68 Å². The zero-order chi connectivity index (χ0) is 24.1. The molecule has 0 bridgehead atoms. The maximum atomic E-state index is 10.6. The van der Waals surface area contributed by atoms with Crippen molar-refractivity contribution in [1.82, 2.24) is 14.7 Å². The number of aliphatic hydroxyl groups is 1. The molecular weight excluding hydrogens is 450 g/mol. The van der Waals surface area contributed by atoms with Gasteiger partial charge >= 0.3 is 0 Å². The number of aliphatic hydroxyl groups excluding tert-OH is 1. The summed E-state index contributed by atoms with van der Waals surface area (Å²) in [6.45, 7) is 8.37. The summed E-state index contributed by atoms with van der Waals surface area (Å²) in [5.41, 5.74) is 2.79. The minimum absolute atomic E-state index is 0.0912. The van der Waals surface area contributed by atoms with Crippen LogP contribution in [0.25, 0.3) is 5.69 Å². The van der Waals surface area contributed by atoms with Crippen LogP contribution in [0.3, 0.4) is 0 Å². The van der Waals surface area contributed by atoms with E-state index in [1.54, 1.807) is 0 Å². The van der Waals surface area contributed by atoms with Crippen LogP contribution in [0.1, 0.15) is 37.9 Å². The summed E-state index contributed by atoms with van der Waals surface area (Å²) in [6, 6.07) is 17.4. The van der Waals surface area contributed by atoms with Gasteiger partial charge in [-0.1, -0.05) is 41.9 Å². The second kappa shape index (κ2) is 11.4. The molecule has 1 aromatic heterocycles. The van der Waals surface area contributed by atoms with Crippen molar-refractivity contribution < 1.29 is 14.6 Å². The van der Waals surface area contributed by atoms with Gasteiger partial charge in [-0.3, -0.25) is 4.90 Å². The van der Waals surface area contributed by atoms with Crippen molar-refractivity contribution >= 4 is 11.6 Å². The minimum Gasteiger partial charge on any atom is -0.437 e. The molecule has 1 fully saturated rings. The minimum atomic E-state index is -0.557. The van der Waals surface area contributed by atoms with E-state index >= 15 is 0 Å². The Labute approximate surface area is 207 Å².